The molecule has 0 saturated carbocycles. The fourth-order valence-electron chi connectivity index (χ4n) is 0.528. The van der Waals surface area contributed by atoms with Gasteiger partial charge >= 0.3 is 0 Å². The minimum atomic E-state index is -3.12. The van der Waals surface area contributed by atoms with Gasteiger partial charge < -0.3 is 0 Å². The van der Waals surface area contributed by atoms with Crippen LogP contribution in [0.5, 0.6) is 0 Å². The normalized spacial score (nSPS) is 11.8. The minimum absolute atomic E-state index is 0.139. The highest BCUT2D eigenvalue weighted by Gasteiger charge is 2.13. The second-order valence-corrected chi connectivity index (χ2v) is 7.23. The van der Waals surface area contributed by atoms with Crippen molar-refractivity contribution in [2.45, 2.75) is 4.21 Å². The van der Waals surface area contributed by atoms with E-state index < -0.39 is 9.84 Å². The van der Waals surface area contributed by atoms with Crippen LogP contribution in [-0.4, -0.2) is 13.5 Å². The van der Waals surface area contributed by atoms with Crippen LogP contribution in [0.1, 0.15) is 0 Å². The average Bonchev–Trinajstić information content (AvgIpc) is 2.36. The van der Waals surface area contributed by atoms with Gasteiger partial charge in [-0.25, -0.2) is 8.42 Å². The number of hydrogen-bond acceptors (Lipinski definition) is 4. The van der Waals surface area contributed by atoms with Crippen LogP contribution in [0.25, 0.3) is 0 Å². The maximum atomic E-state index is 11.1. The molecular formula is C5H5BrO2S3. The lowest BCUT2D eigenvalue weighted by Crippen LogP contribution is -1.98. The Morgan fingerprint density at radius 1 is 1.55 bits per heavy atom. The second-order valence-electron chi connectivity index (χ2n) is 1.80. The predicted molar refractivity (Wildman–Crippen MR) is 53.1 cm³/mol. The Bertz CT molecular complexity index is 340. The molecule has 1 heterocycles. The van der Waals surface area contributed by atoms with E-state index in [2.05, 4.69) is 28.6 Å². The topological polar surface area (TPSA) is 34.1 Å². The summed E-state index contributed by atoms with van der Waals surface area (Å²) >= 11 is 8.11. The molecule has 0 spiro atoms. The van der Waals surface area contributed by atoms with Crippen LogP contribution in [-0.2, 0) is 9.84 Å². The van der Waals surface area contributed by atoms with Crippen LogP contribution >= 0.6 is 39.9 Å². The molecule has 1 aromatic rings. The predicted octanol–water partition coefficient (Wildman–Crippen LogP) is 2.17. The van der Waals surface area contributed by atoms with Gasteiger partial charge in [0, 0.05) is 0 Å². The summed E-state index contributed by atoms with van der Waals surface area (Å²) in [6.07, 6.45) is 0. The van der Waals surface area contributed by atoms with Crippen molar-refractivity contribution in [3.8, 4) is 0 Å². The first-order valence-electron chi connectivity index (χ1n) is 2.65. The number of thiol groups is 1. The van der Waals surface area contributed by atoms with E-state index in [-0.39, 0.29) is 5.08 Å². The maximum Gasteiger partial charge on any atom is 0.196 e. The number of halogens is 1. The van der Waals surface area contributed by atoms with Crippen molar-refractivity contribution >= 4 is 49.7 Å². The van der Waals surface area contributed by atoms with E-state index in [0.717, 1.165) is 3.79 Å². The van der Waals surface area contributed by atoms with E-state index in [1.165, 1.54) is 11.3 Å². The highest BCUT2D eigenvalue weighted by Crippen LogP contribution is 2.26. The van der Waals surface area contributed by atoms with Gasteiger partial charge in [0.1, 0.15) is 4.21 Å². The van der Waals surface area contributed by atoms with Crippen LogP contribution in [0.2, 0.25) is 0 Å². The molecular weight excluding hydrogens is 268 g/mol. The molecule has 1 aromatic heterocycles. The van der Waals surface area contributed by atoms with Gasteiger partial charge in [-0.2, -0.15) is 12.6 Å². The zero-order chi connectivity index (χ0) is 8.48. The van der Waals surface area contributed by atoms with Crippen molar-refractivity contribution in [1.29, 1.82) is 0 Å². The highest BCUT2D eigenvalue weighted by molar-refractivity contribution is 9.11. The van der Waals surface area contributed by atoms with Crippen molar-refractivity contribution < 1.29 is 8.42 Å². The zero-order valence-electron chi connectivity index (χ0n) is 5.32. The summed E-state index contributed by atoms with van der Waals surface area (Å²) in [6, 6.07) is 3.28. The lowest BCUT2D eigenvalue weighted by atomic mass is 10.7. The quantitative estimate of drug-likeness (QED) is 0.838. The molecule has 0 fully saturated rings. The van der Waals surface area contributed by atoms with Crippen molar-refractivity contribution in [3.05, 3.63) is 15.9 Å². The molecule has 0 bridgehead atoms. The zero-order valence-corrected chi connectivity index (χ0v) is 9.43. The third kappa shape index (κ3) is 2.21. The summed E-state index contributed by atoms with van der Waals surface area (Å²) in [5.41, 5.74) is 0. The van der Waals surface area contributed by atoms with Crippen LogP contribution in [0.15, 0.2) is 20.1 Å². The number of thiophene rings is 1. The first-order valence-corrected chi connectivity index (χ1v) is 6.54. The molecule has 62 valence electrons. The fraction of sp³-hybridized carbons (Fsp3) is 0.200. The summed E-state index contributed by atoms with van der Waals surface area (Å²) in [5, 5.41) is -0.139. The molecule has 0 saturated heterocycles. The Kier molecular flexibility index (Phi) is 3.02. The van der Waals surface area contributed by atoms with Gasteiger partial charge in [-0.05, 0) is 28.1 Å². The van der Waals surface area contributed by atoms with Gasteiger partial charge in [0.25, 0.3) is 0 Å². The van der Waals surface area contributed by atoms with Gasteiger partial charge in [0.2, 0.25) is 0 Å². The van der Waals surface area contributed by atoms with Crippen LogP contribution < -0.4 is 0 Å². The van der Waals surface area contributed by atoms with Crippen molar-refractivity contribution in [1.82, 2.24) is 0 Å². The Hall–Kier alpha value is 0.480. The Labute approximate surface area is 83.1 Å². The molecule has 6 heteroatoms. The summed E-state index contributed by atoms with van der Waals surface area (Å²) in [7, 11) is -3.12. The molecule has 0 atom stereocenters. The van der Waals surface area contributed by atoms with Gasteiger partial charge in [0.05, 0.1) is 8.87 Å². The van der Waals surface area contributed by atoms with E-state index in [1.54, 1.807) is 12.1 Å². The largest absolute Gasteiger partial charge is 0.222 e. The van der Waals surface area contributed by atoms with Crippen LogP contribution in [0.3, 0.4) is 0 Å². The Morgan fingerprint density at radius 3 is 2.55 bits per heavy atom. The van der Waals surface area contributed by atoms with Gasteiger partial charge in [-0.15, -0.1) is 11.3 Å². The molecule has 0 amide bonds. The van der Waals surface area contributed by atoms with E-state index in [4.69, 9.17) is 0 Å². The monoisotopic (exact) mass is 272 g/mol. The van der Waals surface area contributed by atoms with E-state index >= 15 is 0 Å². The second kappa shape index (κ2) is 3.47. The third-order valence-corrected chi connectivity index (χ3v) is 5.56. The number of hydrogen-bond donors (Lipinski definition) is 1. The summed E-state index contributed by atoms with van der Waals surface area (Å²) < 4.78 is 23.4. The molecule has 0 unspecified atom stereocenters. The first kappa shape index (κ1) is 9.57. The van der Waals surface area contributed by atoms with Crippen LogP contribution in [0.4, 0.5) is 0 Å². The summed E-state index contributed by atoms with van der Waals surface area (Å²) in [4.78, 5) is 0. The molecule has 0 aliphatic rings. The third-order valence-electron chi connectivity index (χ3n) is 1.03. The van der Waals surface area contributed by atoms with Gasteiger partial charge in [-0.3, -0.25) is 0 Å². The van der Waals surface area contributed by atoms with E-state index in [1.807, 2.05) is 0 Å². The molecule has 0 aromatic carbocycles. The summed E-state index contributed by atoms with van der Waals surface area (Å²) in [5.74, 6) is 0. The van der Waals surface area contributed by atoms with Crippen molar-refractivity contribution in [2.75, 3.05) is 5.08 Å². The standard InChI is InChI=1S/C5H5BrO2S3/c6-4-1-2-5(10-4)11(7,8)3-9/h1-2,9H,3H2. The van der Waals surface area contributed by atoms with Gasteiger partial charge in [0.15, 0.2) is 9.84 Å². The molecule has 0 aliphatic carbocycles. The molecule has 0 aliphatic heterocycles. The number of rotatable bonds is 2. The first-order chi connectivity index (χ1) is 5.06. The lowest BCUT2D eigenvalue weighted by molar-refractivity contribution is 0.603. The van der Waals surface area contributed by atoms with E-state index in [9.17, 15) is 8.42 Å². The smallest absolute Gasteiger partial charge is 0.196 e. The summed E-state index contributed by atoms with van der Waals surface area (Å²) in [6.45, 7) is 0. The fourth-order valence-corrected chi connectivity index (χ4v) is 4.01. The van der Waals surface area contributed by atoms with Crippen molar-refractivity contribution in [3.63, 3.8) is 0 Å². The van der Waals surface area contributed by atoms with E-state index in [0.29, 0.717) is 4.21 Å². The number of sulfone groups is 1. The average molecular weight is 273 g/mol. The molecule has 0 radical (unpaired) electrons. The molecule has 2 nitrogen and oxygen atoms in total. The Balaban J connectivity index is 3.13. The SMILES string of the molecule is O=S(=O)(CS)c1ccc(Br)s1. The molecule has 11 heavy (non-hydrogen) atoms. The maximum absolute atomic E-state index is 11.1. The Morgan fingerprint density at radius 2 is 2.18 bits per heavy atom. The van der Waals surface area contributed by atoms with Crippen molar-refractivity contribution in [2.24, 2.45) is 0 Å². The molecule has 1 rings (SSSR count). The highest BCUT2D eigenvalue weighted by atomic mass is 79.9. The molecule has 0 N–H and O–H groups in total. The minimum Gasteiger partial charge on any atom is -0.222 e. The van der Waals surface area contributed by atoms with Crippen LogP contribution in [0, 0.1) is 0 Å². The van der Waals surface area contributed by atoms with Gasteiger partial charge in [-0.1, -0.05) is 0 Å². The lowest BCUT2D eigenvalue weighted by Gasteiger charge is -1.92.